The fourth-order valence-electron chi connectivity index (χ4n) is 12.3. The maximum Gasteiger partial charge on any atom is 0.257 e. The van der Waals surface area contributed by atoms with Gasteiger partial charge in [0.1, 0.15) is 12.4 Å². The highest BCUT2D eigenvalue weighted by atomic mass is 35.5. The summed E-state index contributed by atoms with van der Waals surface area (Å²) in [5.74, 6) is 0.395. The van der Waals surface area contributed by atoms with E-state index >= 15 is 0 Å². The Bertz CT molecular complexity index is 4410. The fourth-order valence-corrected chi connectivity index (χ4v) is 15.5. The van der Waals surface area contributed by atoms with Crippen molar-refractivity contribution < 1.29 is 21.6 Å². The monoisotopic (exact) mass is 1140 g/mol. The van der Waals surface area contributed by atoms with Crippen LogP contribution in [0.1, 0.15) is 51.8 Å². The summed E-state index contributed by atoms with van der Waals surface area (Å²) in [6, 6.07) is 46.5. The number of rotatable bonds is 15. The standard InChI is InChI=1S/C63H59ClN8O7S2/c1-43-29-58-47(36-65-71(58)51-17-24-60(73)67(3)38-51)32-56(43)63(35-46-13-9-6-10-14-46)26-28-70(42-63)81(77,78)55-22-18-53(19-23-55)79-40-49-31-52(39-68(4)61(49)74)72-59-30-44(2)57(33-48(59)37-66-72)62(34-45-11-7-5-8-12-45)25-27-69(41-62)80(75,76)54-20-15-50(64)16-21-54/h5-24,29-33,36-39H,25-28,34-35,40-42H2,1-4H3. The van der Waals surface area contributed by atoms with E-state index in [1.54, 1.807) is 107 Å². The number of aromatic nitrogens is 6. The minimum Gasteiger partial charge on any atom is -0.489 e. The van der Waals surface area contributed by atoms with Gasteiger partial charge in [0.15, 0.2) is 0 Å². The van der Waals surface area contributed by atoms with Crippen LogP contribution in [0.3, 0.4) is 0 Å². The first-order chi connectivity index (χ1) is 38.9. The lowest BCUT2D eigenvalue weighted by atomic mass is 9.73. The van der Waals surface area contributed by atoms with Gasteiger partial charge in [0.05, 0.1) is 50.2 Å². The Hall–Kier alpha value is -7.93. The summed E-state index contributed by atoms with van der Waals surface area (Å²) in [7, 11) is -4.37. The number of hydrogen-bond donors (Lipinski definition) is 0. The van der Waals surface area contributed by atoms with E-state index in [1.807, 2.05) is 47.3 Å². The van der Waals surface area contributed by atoms with Crippen molar-refractivity contribution in [2.75, 3.05) is 26.2 Å². The summed E-state index contributed by atoms with van der Waals surface area (Å²) in [6.45, 7) is 5.26. The second-order valence-corrected chi connectivity index (χ2v) is 26.1. The Morgan fingerprint density at radius 3 is 1.56 bits per heavy atom. The molecule has 81 heavy (non-hydrogen) atoms. The molecular weight excluding hydrogens is 1080 g/mol. The van der Waals surface area contributed by atoms with Crippen molar-refractivity contribution in [2.45, 2.75) is 66.8 Å². The summed E-state index contributed by atoms with van der Waals surface area (Å²) in [4.78, 5) is 26.2. The normalized spacial score (nSPS) is 18.1. The third-order valence-electron chi connectivity index (χ3n) is 16.5. The molecule has 2 unspecified atom stereocenters. The van der Waals surface area contributed by atoms with Crippen LogP contribution in [0, 0.1) is 13.8 Å². The second-order valence-electron chi connectivity index (χ2n) is 21.8. The lowest BCUT2D eigenvalue weighted by Gasteiger charge is -2.32. The van der Waals surface area contributed by atoms with Crippen molar-refractivity contribution in [2.24, 2.45) is 14.1 Å². The number of hydrogen-bond acceptors (Lipinski definition) is 9. The van der Waals surface area contributed by atoms with Crippen LogP contribution in [-0.4, -0.2) is 80.3 Å². The van der Waals surface area contributed by atoms with Crippen LogP contribution in [0.2, 0.25) is 5.02 Å². The molecule has 6 aromatic carbocycles. The molecule has 0 saturated carbocycles. The van der Waals surface area contributed by atoms with E-state index in [4.69, 9.17) is 26.5 Å². The molecule has 2 atom stereocenters. The Kier molecular flexibility index (Phi) is 13.8. The molecule has 6 heterocycles. The fraction of sp³-hybridized carbons (Fsp3) is 0.238. The van der Waals surface area contributed by atoms with Gasteiger partial charge in [-0.2, -0.15) is 18.8 Å². The molecule has 2 saturated heterocycles. The maximum atomic E-state index is 14.6. The van der Waals surface area contributed by atoms with Gasteiger partial charge >= 0.3 is 0 Å². The molecular formula is C63H59ClN8O7S2. The summed E-state index contributed by atoms with van der Waals surface area (Å²) in [5, 5.41) is 11.8. The van der Waals surface area contributed by atoms with Gasteiger partial charge in [-0.25, -0.2) is 26.2 Å². The molecule has 18 heteroatoms. The third-order valence-corrected chi connectivity index (χ3v) is 20.5. The first kappa shape index (κ1) is 53.7. The highest BCUT2D eigenvalue weighted by Crippen LogP contribution is 2.45. The molecule has 2 aliphatic heterocycles. The average molecular weight is 1140 g/mol. The van der Waals surface area contributed by atoms with Gasteiger partial charge in [0.25, 0.3) is 5.56 Å². The molecule has 0 N–H and O–H groups in total. The highest BCUT2D eigenvalue weighted by molar-refractivity contribution is 7.89. The molecule has 0 amide bonds. The van der Waals surface area contributed by atoms with E-state index in [1.165, 1.54) is 15.2 Å². The zero-order valence-electron chi connectivity index (χ0n) is 45.2. The van der Waals surface area contributed by atoms with Gasteiger partial charge in [-0.3, -0.25) is 9.59 Å². The summed E-state index contributed by atoms with van der Waals surface area (Å²) >= 11 is 6.13. The topological polar surface area (TPSA) is 164 Å². The molecule has 0 spiro atoms. The highest BCUT2D eigenvalue weighted by Gasteiger charge is 2.47. The van der Waals surface area contributed by atoms with Crippen molar-refractivity contribution in [3.8, 4) is 17.1 Å². The number of pyridine rings is 2. The Balaban J connectivity index is 0.779. The zero-order chi connectivity index (χ0) is 56.4. The average Bonchev–Trinajstić information content (AvgIpc) is 4.50. The molecule has 0 aliphatic carbocycles. The predicted octanol–water partition coefficient (Wildman–Crippen LogP) is 9.76. The minimum absolute atomic E-state index is 0.0891. The van der Waals surface area contributed by atoms with Gasteiger partial charge in [-0.05, 0) is 158 Å². The first-order valence-corrected chi connectivity index (χ1v) is 30.1. The van der Waals surface area contributed by atoms with Crippen LogP contribution in [-0.2, 0) is 64.4 Å². The molecule has 0 radical (unpaired) electrons. The molecule has 12 rings (SSSR count). The van der Waals surface area contributed by atoms with E-state index in [-0.39, 0.29) is 34.1 Å². The molecule has 2 fully saturated rings. The van der Waals surface area contributed by atoms with Crippen molar-refractivity contribution in [1.82, 2.24) is 37.3 Å². The molecule has 15 nitrogen and oxygen atoms in total. The van der Waals surface area contributed by atoms with Crippen molar-refractivity contribution in [3.05, 3.63) is 241 Å². The van der Waals surface area contributed by atoms with Gasteiger partial charge < -0.3 is 13.9 Å². The van der Waals surface area contributed by atoms with Crippen LogP contribution < -0.4 is 15.9 Å². The lowest BCUT2D eigenvalue weighted by molar-refractivity contribution is 0.303. The Morgan fingerprint density at radius 2 is 1.05 bits per heavy atom. The van der Waals surface area contributed by atoms with Gasteiger partial charge in [-0.15, -0.1) is 0 Å². The summed E-state index contributed by atoms with van der Waals surface area (Å²) in [6.07, 6.45) is 9.57. The maximum absolute atomic E-state index is 14.6. The smallest absolute Gasteiger partial charge is 0.257 e. The number of nitrogens with zero attached hydrogens (tertiary/aromatic N) is 8. The molecule has 0 bridgehead atoms. The molecule has 412 valence electrons. The molecule has 2 aliphatic rings. The third kappa shape index (κ3) is 10.0. The van der Waals surface area contributed by atoms with Gasteiger partial charge in [-0.1, -0.05) is 72.3 Å². The van der Waals surface area contributed by atoms with E-state index in [0.717, 1.165) is 60.9 Å². The van der Waals surface area contributed by atoms with Crippen molar-refractivity contribution in [1.29, 1.82) is 0 Å². The zero-order valence-corrected chi connectivity index (χ0v) is 47.6. The van der Waals surface area contributed by atoms with Crippen LogP contribution in [0.15, 0.2) is 196 Å². The Labute approximate surface area is 475 Å². The SMILES string of the molecule is Cc1cc2c(cnn2-c2ccc(=O)n(C)c2)cc1C1(Cc2ccccc2)CCN(S(=O)(=O)c2ccc(OCc3cc(-n4ncc5cc(C6(Cc7ccccc7)CCN(S(=O)(=O)c7ccc(Cl)cc7)C6)c(C)cc54)cn(C)c3=O)cc2)C1. The minimum atomic E-state index is -3.96. The quantitative estimate of drug-likeness (QED) is 0.0973. The number of aryl methyl sites for hydroxylation is 4. The van der Waals surface area contributed by atoms with E-state index in [0.29, 0.717) is 67.3 Å². The first-order valence-electron chi connectivity index (χ1n) is 26.8. The number of ether oxygens (including phenoxy) is 1. The summed E-state index contributed by atoms with van der Waals surface area (Å²) < 4.78 is 73.3. The lowest BCUT2D eigenvalue weighted by Crippen LogP contribution is -2.36. The van der Waals surface area contributed by atoms with Crippen LogP contribution in [0.4, 0.5) is 0 Å². The second kappa shape index (κ2) is 20.9. The number of benzene rings is 6. The molecule has 10 aromatic rings. The van der Waals surface area contributed by atoms with Crippen molar-refractivity contribution >= 4 is 53.5 Å². The Morgan fingerprint density at radius 1 is 0.568 bits per heavy atom. The van der Waals surface area contributed by atoms with E-state index in [9.17, 15) is 26.4 Å². The summed E-state index contributed by atoms with van der Waals surface area (Å²) in [5.41, 5.74) is 8.34. The van der Waals surface area contributed by atoms with E-state index in [2.05, 4.69) is 62.4 Å². The van der Waals surface area contributed by atoms with Gasteiger partial charge in [0.2, 0.25) is 25.6 Å². The van der Waals surface area contributed by atoms with Crippen LogP contribution in [0.5, 0.6) is 5.75 Å². The predicted molar refractivity (Wildman–Crippen MR) is 315 cm³/mol. The van der Waals surface area contributed by atoms with Crippen LogP contribution in [0.25, 0.3) is 33.2 Å². The number of fused-ring (bicyclic) bond motifs is 2. The number of halogens is 1. The van der Waals surface area contributed by atoms with Crippen molar-refractivity contribution in [3.63, 3.8) is 0 Å². The number of sulfonamides is 2. The van der Waals surface area contributed by atoms with E-state index < -0.39 is 30.9 Å². The largest absolute Gasteiger partial charge is 0.489 e. The van der Waals surface area contributed by atoms with Gasteiger partial charge in [0, 0.05) is 85.4 Å². The molecule has 4 aromatic heterocycles. The van der Waals surface area contributed by atoms with Crippen LogP contribution >= 0.6 is 11.6 Å².